The number of carbonyl (C=O) groups excluding carboxylic acids is 1. The van der Waals surface area contributed by atoms with Gasteiger partial charge >= 0.3 is 0 Å². The average molecular weight is 244 g/mol. The summed E-state index contributed by atoms with van der Waals surface area (Å²) in [7, 11) is 0. The lowest BCUT2D eigenvalue weighted by Gasteiger charge is -2.09. The van der Waals surface area contributed by atoms with Crippen molar-refractivity contribution in [3.8, 4) is 0 Å². The number of nitrogen functional groups attached to an aromatic ring is 1. The zero-order valence-electron chi connectivity index (χ0n) is 10.7. The lowest BCUT2D eigenvalue weighted by molar-refractivity contribution is 0.102. The number of benzene rings is 1. The van der Waals surface area contributed by atoms with Gasteiger partial charge in [0.05, 0.1) is 11.4 Å². The number of aromatic amines is 1. The number of nitrogens with one attached hydrogen (secondary N) is 2. The first kappa shape index (κ1) is 12.2. The Morgan fingerprint density at radius 2 is 2.06 bits per heavy atom. The van der Waals surface area contributed by atoms with Crippen molar-refractivity contribution < 1.29 is 4.79 Å². The number of aryl methyl sites for hydroxylation is 2. The van der Waals surface area contributed by atoms with Crippen LogP contribution in [0.5, 0.6) is 0 Å². The van der Waals surface area contributed by atoms with E-state index in [1.54, 1.807) is 6.92 Å². The molecule has 0 unspecified atom stereocenters. The molecule has 1 aromatic carbocycles. The second kappa shape index (κ2) is 4.52. The molecule has 0 fully saturated rings. The van der Waals surface area contributed by atoms with E-state index in [1.165, 1.54) is 0 Å². The first-order chi connectivity index (χ1) is 8.50. The second-order valence-corrected chi connectivity index (χ2v) is 4.31. The van der Waals surface area contributed by atoms with Crippen molar-refractivity contribution in [3.63, 3.8) is 0 Å². The minimum atomic E-state index is -0.300. The van der Waals surface area contributed by atoms with Gasteiger partial charge < -0.3 is 11.1 Å². The summed E-state index contributed by atoms with van der Waals surface area (Å²) in [5.74, 6) is -0.300. The van der Waals surface area contributed by atoms with E-state index in [0.29, 0.717) is 11.4 Å². The number of hydrogen-bond donors (Lipinski definition) is 3. The Kier molecular flexibility index (Phi) is 3.06. The van der Waals surface area contributed by atoms with E-state index in [1.807, 2.05) is 32.0 Å². The Morgan fingerprint density at radius 1 is 1.33 bits per heavy atom. The van der Waals surface area contributed by atoms with E-state index in [-0.39, 0.29) is 11.6 Å². The third-order valence-corrected chi connectivity index (χ3v) is 3.06. The number of H-pyrrole nitrogens is 1. The molecule has 5 heteroatoms. The lowest BCUT2D eigenvalue weighted by Crippen LogP contribution is -2.15. The minimum absolute atomic E-state index is 0.230. The molecule has 1 aromatic heterocycles. The van der Waals surface area contributed by atoms with E-state index < -0.39 is 0 Å². The van der Waals surface area contributed by atoms with Crippen LogP contribution in [-0.2, 0) is 0 Å². The number of hydrogen-bond acceptors (Lipinski definition) is 3. The maximum Gasteiger partial charge on any atom is 0.278 e. The van der Waals surface area contributed by atoms with E-state index in [2.05, 4.69) is 15.5 Å². The van der Waals surface area contributed by atoms with Gasteiger partial charge in [0.2, 0.25) is 0 Å². The minimum Gasteiger partial charge on any atom is -0.395 e. The number of rotatable bonds is 2. The number of nitrogens with zero attached hydrogens (tertiary/aromatic N) is 1. The van der Waals surface area contributed by atoms with E-state index in [9.17, 15) is 4.79 Å². The molecule has 0 radical (unpaired) electrons. The van der Waals surface area contributed by atoms with Crippen LogP contribution in [0.4, 0.5) is 11.4 Å². The molecule has 5 nitrogen and oxygen atoms in total. The fourth-order valence-corrected chi connectivity index (χ4v) is 1.68. The molecule has 0 aliphatic heterocycles. The fourth-order valence-electron chi connectivity index (χ4n) is 1.68. The molecule has 2 rings (SSSR count). The standard InChI is InChI=1S/C13H16N4O/c1-7-5-4-6-10(8(7)2)15-13(18)12-11(14)9(3)16-17-12/h4-6H,14H2,1-3H3,(H,15,18)(H,16,17). The predicted molar refractivity (Wildman–Crippen MR) is 71.6 cm³/mol. The molecule has 0 saturated carbocycles. The Morgan fingerprint density at radius 3 is 2.67 bits per heavy atom. The number of carbonyl (C=O) groups is 1. The van der Waals surface area contributed by atoms with Gasteiger partial charge in [0.1, 0.15) is 0 Å². The molecule has 0 saturated heterocycles. The van der Waals surface area contributed by atoms with Crippen LogP contribution >= 0.6 is 0 Å². The van der Waals surface area contributed by atoms with E-state index in [0.717, 1.165) is 16.8 Å². The molecule has 1 heterocycles. The fraction of sp³-hybridized carbons (Fsp3) is 0.231. The summed E-state index contributed by atoms with van der Waals surface area (Å²) in [6, 6.07) is 5.76. The van der Waals surface area contributed by atoms with Crippen LogP contribution in [0.3, 0.4) is 0 Å². The molecular formula is C13H16N4O. The van der Waals surface area contributed by atoms with Gasteiger partial charge in [-0.3, -0.25) is 9.89 Å². The highest BCUT2D eigenvalue weighted by molar-refractivity contribution is 6.06. The highest BCUT2D eigenvalue weighted by Gasteiger charge is 2.16. The molecule has 0 aliphatic rings. The monoisotopic (exact) mass is 244 g/mol. The zero-order chi connectivity index (χ0) is 13.3. The Labute approximate surface area is 105 Å². The zero-order valence-corrected chi connectivity index (χ0v) is 10.7. The van der Waals surface area contributed by atoms with Gasteiger partial charge in [-0.15, -0.1) is 0 Å². The summed E-state index contributed by atoms with van der Waals surface area (Å²) in [5.41, 5.74) is 10.0. The normalized spacial score (nSPS) is 10.4. The maximum absolute atomic E-state index is 12.0. The van der Waals surface area contributed by atoms with Gasteiger partial charge in [-0.2, -0.15) is 5.10 Å². The summed E-state index contributed by atoms with van der Waals surface area (Å²) in [4.78, 5) is 12.0. The molecule has 0 aliphatic carbocycles. The van der Waals surface area contributed by atoms with Gasteiger partial charge in [0.15, 0.2) is 5.69 Å². The highest BCUT2D eigenvalue weighted by Crippen LogP contribution is 2.20. The van der Waals surface area contributed by atoms with Crippen LogP contribution in [-0.4, -0.2) is 16.1 Å². The smallest absolute Gasteiger partial charge is 0.278 e. The number of nitrogens with two attached hydrogens (primary N) is 1. The summed E-state index contributed by atoms with van der Waals surface area (Å²) < 4.78 is 0. The van der Waals surface area contributed by atoms with Crippen molar-refractivity contribution in [2.75, 3.05) is 11.1 Å². The third-order valence-electron chi connectivity index (χ3n) is 3.06. The SMILES string of the molecule is Cc1cccc(NC(=O)c2n[nH]c(C)c2N)c1C. The Hall–Kier alpha value is -2.30. The van der Waals surface area contributed by atoms with Crippen molar-refractivity contribution in [3.05, 3.63) is 40.7 Å². The predicted octanol–water partition coefficient (Wildman–Crippen LogP) is 2.17. The van der Waals surface area contributed by atoms with Gasteiger partial charge in [-0.25, -0.2) is 0 Å². The highest BCUT2D eigenvalue weighted by atomic mass is 16.2. The van der Waals surface area contributed by atoms with Gasteiger partial charge in [-0.05, 0) is 38.0 Å². The molecule has 1 amide bonds. The van der Waals surface area contributed by atoms with Gasteiger partial charge in [0, 0.05) is 5.69 Å². The molecule has 18 heavy (non-hydrogen) atoms. The third kappa shape index (κ3) is 2.07. The van der Waals surface area contributed by atoms with Crippen LogP contribution in [0.2, 0.25) is 0 Å². The molecule has 0 atom stereocenters. The van der Waals surface area contributed by atoms with Crippen LogP contribution in [0.1, 0.15) is 27.3 Å². The van der Waals surface area contributed by atoms with Crippen LogP contribution < -0.4 is 11.1 Å². The topological polar surface area (TPSA) is 83.8 Å². The molecular weight excluding hydrogens is 228 g/mol. The van der Waals surface area contributed by atoms with Crippen LogP contribution in [0.25, 0.3) is 0 Å². The quantitative estimate of drug-likeness (QED) is 0.757. The first-order valence-corrected chi connectivity index (χ1v) is 5.68. The molecule has 4 N–H and O–H groups in total. The molecule has 0 bridgehead atoms. The van der Waals surface area contributed by atoms with Crippen LogP contribution in [0.15, 0.2) is 18.2 Å². The Bertz CT molecular complexity index is 601. The van der Waals surface area contributed by atoms with Crippen molar-refractivity contribution in [2.45, 2.75) is 20.8 Å². The van der Waals surface area contributed by atoms with Crippen molar-refractivity contribution >= 4 is 17.3 Å². The largest absolute Gasteiger partial charge is 0.395 e. The van der Waals surface area contributed by atoms with E-state index in [4.69, 9.17) is 5.73 Å². The maximum atomic E-state index is 12.0. The Balaban J connectivity index is 2.27. The number of anilines is 2. The van der Waals surface area contributed by atoms with Crippen molar-refractivity contribution in [1.29, 1.82) is 0 Å². The van der Waals surface area contributed by atoms with Gasteiger partial charge in [-0.1, -0.05) is 12.1 Å². The molecule has 0 spiro atoms. The summed E-state index contributed by atoms with van der Waals surface area (Å²) in [5, 5.41) is 9.42. The number of amides is 1. The van der Waals surface area contributed by atoms with Gasteiger partial charge in [0.25, 0.3) is 5.91 Å². The summed E-state index contributed by atoms with van der Waals surface area (Å²) >= 11 is 0. The lowest BCUT2D eigenvalue weighted by atomic mass is 10.1. The average Bonchev–Trinajstić information content (AvgIpc) is 2.66. The summed E-state index contributed by atoms with van der Waals surface area (Å²) in [6.45, 7) is 5.74. The van der Waals surface area contributed by atoms with E-state index >= 15 is 0 Å². The first-order valence-electron chi connectivity index (χ1n) is 5.68. The second-order valence-electron chi connectivity index (χ2n) is 4.31. The molecule has 2 aromatic rings. The van der Waals surface area contributed by atoms with Crippen molar-refractivity contribution in [1.82, 2.24) is 10.2 Å². The van der Waals surface area contributed by atoms with Crippen molar-refractivity contribution in [2.24, 2.45) is 0 Å². The summed E-state index contributed by atoms with van der Waals surface area (Å²) in [6.07, 6.45) is 0. The molecule has 94 valence electrons. The van der Waals surface area contributed by atoms with Crippen LogP contribution in [0, 0.1) is 20.8 Å². The number of aromatic nitrogens is 2.